The summed E-state index contributed by atoms with van der Waals surface area (Å²) in [6, 6.07) is 8.98. The fourth-order valence-corrected chi connectivity index (χ4v) is 4.16. The first-order valence-corrected chi connectivity index (χ1v) is 10.6. The second-order valence-corrected chi connectivity index (χ2v) is 8.55. The van der Waals surface area contributed by atoms with Crippen molar-refractivity contribution in [3.05, 3.63) is 57.0 Å². The molecular formula is C16H10BrClN3O4S2-. The number of urea groups is 1. The molecule has 3 amide bonds. The molecular weight excluding hydrogens is 478 g/mol. The van der Waals surface area contributed by atoms with E-state index in [1.54, 1.807) is 30.3 Å². The number of nitrogens with one attached hydrogen (secondary N) is 2. The summed E-state index contributed by atoms with van der Waals surface area (Å²) in [7, 11) is 0. The molecule has 2 N–H and O–H groups in total. The van der Waals surface area contributed by atoms with Gasteiger partial charge in [0.05, 0.1) is 20.8 Å². The molecule has 0 spiro atoms. The Morgan fingerprint density at radius 1 is 1.26 bits per heavy atom. The molecule has 1 atom stereocenters. The third-order valence-electron chi connectivity index (χ3n) is 3.36. The van der Waals surface area contributed by atoms with E-state index in [0.717, 1.165) is 4.70 Å². The number of hydrogen-bond acceptors (Lipinski definition) is 6. The Hall–Kier alpha value is -1.85. The highest BCUT2D eigenvalue weighted by molar-refractivity contribution is 9.10. The SMILES string of the molecule is O=C(NC(=O)c1cc(Br)ccc1Cl)Nc1nc2ccc(CS(=O)[O-])cc2s1. The van der Waals surface area contributed by atoms with E-state index in [2.05, 4.69) is 31.5 Å². The van der Waals surface area contributed by atoms with Crippen LogP contribution in [0.4, 0.5) is 9.93 Å². The molecule has 0 saturated heterocycles. The van der Waals surface area contributed by atoms with Gasteiger partial charge in [-0.2, -0.15) is 0 Å². The molecule has 0 aliphatic heterocycles. The van der Waals surface area contributed by atoms with Crippen LogP contribution in [0.1, 0.15) is 15.9 Å². The number of benzene rings is 2. The van der Waals surface area contributed by atoms with Crippen LogP contribution in [0, 0.1) is 0 Å². The molecule has 3 aromatic rings. The Balaban J connectivity index is 1.71. The van der Waals surface area contributed by atoms with Gasteiger partial charge in [0, 0.05) is 10.2 Å². The number of aromatic nitrogens is 1. The maximum atomic E-state index is 12.2. The predicted octanol–water partition coefficient (Wildman–Crippen LogP) is 4.05. The number of halogens is 2. The number of nitrogens with zero attached hydrogens (tertiary/aromatic N) is 1. The molecule has 11 heteroatoms. The number of amides is 3. The van der Waals surface area contributed by atoms with Gasteiger partial charge in [-0.25, -0.2) is 9.78 Å². The van der Waals surface area contributed by atoms with E-state index in [4.69, 9.17) is 11.6 Å². The van der Waals surface area contributed by atoms with Crippen LogP contribution in [0.15, 0.2) is 40.9 Å². The molecule has 1 unspecified atom stereocenters. The first-order valence-electron chi connectivity index (χ1n) is 7.34. The topological polar surface area (TPSA) is 111 Å². The molecule has 0 aliphatic rings. The van der Waals surface area contributed by atoms with Gasteiger partial charge in [0.15, 0.2) is 5.13 Å². The standard InChI is InChI=1S/C16H11BrClN3O4S2/c17-9-2-3-11(18)10(6-9)14(22)20-15(23)21-16-19-12-4-1-8(7-27(24)25)5-13(12)26-16/h1-6H,7H2,(H,24,25)(H2,19,20,21,22,23)/p-1. The maximum absolute atomic E-state index is 12.2. The molecule has 0 fully saturated rings. The summed E-state index contributed by atoms with van der Waals surface area (Å²) in [6.45, 7) is 0. The molecule has 140 valence electrons. The van der Waals surface area contributed by atoms with Crippen LogP contribution in [-0.4, -0.2) is 25.7 Å². The molecule has 2 aromatic carbocycles. The summed E-state index contributed by atoms with van der Waals surface area (Å²) in [5.41, 5.74) is 1.38. The van der Waals surface area contributed by atoms with Crippen LogP contribution in [0.25, 0.3) is 10.2 Å². The fraction of sp³-hybridized carbons (Fsp3) is 0.0625. The quantitative estimate of drug-likeness (QED) is 0.539. The third-order valence-corrected chi connectivity index (χ3v) is 5.68. The maximum Gasteiger partial charge on any atom is 0.327 e. The van der Waals surface area contributed by atoms with Crippen molar-refractivity contribution < 1.29 is 18.4 Å². The summed E-state index contributed by atoms with van der Waals surface area (Å²) in [5.74, 6) is -0.751. The number of fused-ring (bicyclic) bond motifs is 1. The fourth-order valence-electron chi connectivity index (χ4n) is 2.22. The smallest absolute Gasteiger partial charge is 0.327 e. The molecule has 7 nitrogen and oxygen atoms in total. The number of rotatable bonds is 4. The van der Waals surface area contributed by atoms with Crippen LogP contribution in [0.2, 0.25) is 5.02 Å². The van der Waals surface area contributed by atoms with E-state index < -0.39 is 23.0 Å². The number of carbonyl (C=O) groups excluding carboxylic acids is 2. The molecule has 0 saturated carbocycles. The zero-order valence-electron chi connectivity index (χ0n) is 13.3. The summed E-state index contributed by atoms with van der Waals surface area (Å²) in [4.78, 5) is 28.5. The van der Waals surface area contributed by atoms with E-state index in [0.29, 0.717) is 15.6 Å². The summed E-state index contributed by atoms with van der Waals surface area (Å²) in [5, 5.41) is 5.16. The normalized spacial score (nSPS) is 12.0. The lowest BCUT2D eigenvalue weighted by Gasteiger charge is -2.06. The second-order valence-electron chi connectivity index (χ2n) is 5.30. The van der Waals surface area contributed by atoms with E-state index in [1.807, 2.05) is 0 Å². The number of imide groups is 1. The lowest BCUT2D eigenvalue weighted by molar-refractivity contribution is 0.0967. The minimum Gasteiger partial charge on any atom is -0.772 e. The minimum absolute atomic E-state index is 0.0982. The molecule has 0 bridgehead atoms. The Kier molecular flexibility index (Phi) is 6.22. The highest BCUT2D eigenvalue weighted by atomic mass is 79.9. The molecule has 0 aliphatic carbocycles. The minimum atomic E-state index is -2.19. The second kappa shape index (κ2) is 8.44. The van der Waals surface area contributed by atoms with Crippen LogP contribution in [0.3, 0.4) is 0 Å². The first kappa shape index (κ1) is 19.9. The Bertz CT molecular complexity index is 1070. The van der Waals surface area contributed by atoms with Crippen LogP contribution in [-0.2, 0) is 16.8 Å². The van der Waals surface area contributed by atoms with Crippen molar-refractivity contribution in [3.63, 3.8) is 0 Å². The number of thiazole rings is 1. The van der Waals surface area contributed by atoms with Crippen molar-refractivity contribution in [1.82, 2.24) is 10.3 Å². The first-order chi connectivity index (χ1) is 12.8. The van der Waals surface area contributed by atoms with Gasteiger partial charge in [0.25, 0.3) is 5.91 Å². The monoisotopic (exact) mass is 486 g/mol. The lowest BCUT2D eigenvalue weighted by atomic mass is 10.2. The average Bonchev–Trinajstić information content (AvgIpc) is 2.97. The number of carbonyl (C=O) groups is 2. The Morgan fingerprint density at radius 2 is 2.04 bits per heavy atom. The van der Waals surface area contributed by atoms with Gasteiger partial charge in [0.2, 0.25) is 0 Å². The van der Waals surface area contributed by atoms with Gasteiger partial charge >= 0.3 is 6.03 Å². The zero-order valence-corrected chi connectivity index (χ0v) is 17.3. The van der Waals surface area contributed by atoms with Crippen molar-refractivity contribution in [2.24, 2.45) is 0 Å². The molecule has 0 radical (unpaired) electrons. The van der Waals surface area contributed by atoms with Gasteiger partial charge in [-0.3, -0.25) is 19.6 Å². The summed E-state index contributed by atoms with van der Waals surface area (Å²) < 4.78 is 23.0. The zero-order chi connectivity index (χ0) is 19.6. The molecule has 1 aromatic heterocycles. The molecule has 3 rings (SSSR count). The molecule has 1 heterocycles. The van der Waals surface area contributed by atoms with E-state index in [-0.39, 0.29) is 21.5 Å². The summed E-state index contributed by atoms with van der Waals surface area (Å²) >= 11 is 8.19. The predicted molar refractivity (Wildman–Crippen MR) is 108 cm³/mol. The van der Waals surface area contributed by atoms with E-state index >= 15 is 0 Å². The van der Waals surface area contributed by atoms with Crippen molar-refractivity contribution in [3.8, 4) is 0 Å². The van der Waals surface area contributed by atoms with Gasteiger partial charge in [-0.1, -0.05) is 56.0 Å². The van der Waals surface area contributed by atoms with Crippen molar-refractivity contribution >= 4 is 77.2 Å². The Morgan fingerprint density at radius 3 is 2.78 bits per heavy atom. The van der Waals surface area contributed by atoms with Gasteiger partial charge < -0.3 is 4.55 Å². The third kappa shape index (κ3) is 5.11. The lowest BCUT2D eigenvalue weighted by Crippen LogP contribution is -2.34. The van der Waals surface area contributed by atoms with Gasteiger partial charge in [-0.05, 0) is 35.9 Å². The molecule has 27 heavy (non-hydrogen) atoms. The largest absolute Gasteiger partial charge is 0.772 e. The van der Waals surface area contributed by atoms with Crippen molar-refractivity contribution in [2.75, 3.05) is 5.32 Å². The van der Waals surface area contributed by atoms with Crippen LogP contribution < -0.4 is 10.6 Å². The van der Waals surface area contributed by atoms with E-state index in [1.165, 1.54) is 17.4 Å². The van der Waals surface area contributed by atoms with Crippen LogP contribution in [0.5, 0.6) is 0 Å². The van der Waals surface area contributed by atoms with Crippen LogP contribution >= 0.6 is 38.9 Å². The van der Waals surface area contributed by atoms with Gasteiger partial charge in [0.1, 0.15) is 0 Å². The Labute approximate surface area is 173 Å². The van der Waals surface area contributed by atoms with Crippen molar-refractivity contribution in [1.29, 1.82) is 0 Å². The van der Waals surface area contributed by atoms with Gasteiger partial charge in [-0.15, -0.1) is 0 Å². The van der Waals surface area contributed by atoms with E-state index in [9.17, 15) is 18.4 Å². The summed E-state index contributed by atoms with van der Waals surface area (Å²) in [6.07, 6.45) is 0. The number of anilines is 1. The number of hydrogen-bond donors (Lipinski definition) is 2. The highest BCUT2D eigenvalue weighted by Crippen LogP contribution is 2.27. The van der Waals surface area contributed by atoms with Crippen molar-refractivity contribution in [2.45, 2.75) is 5.75 Å². The highest BCUT2D eigenvalue weighted by Gasteiger charge is 2.15. The average molecular weight is 488 g/mol.